The summed E-state index contributed by atoms with van der Waals surface area (Å²) in [5.41, 5.74) is -2.06. The highest BCUT2D eigenvalue weighted by Crippen LogP contribution is 2.39. The van der Waals surface area contributed by atoms with Gasteiger partial charge in [0.2, 0.25) is 0 Å². The Labute approximate surface area is 188 Å². The normalized spacial score (nSPS) is 14.0. The molecule has 0 atom stereocenters. The second-order valence-corrected chi connectivity index (χ2v) is 7.30. The van der Waals surface area contributed by atoms with Crippen molar-refractivity contribution in [1.82, 2.24) is 15.1 Å². The van der Waals surface area contributed by atoms with E-state index in [9.17, 15) is 35.9 Å². The van der Waals surface area contributed by atoms with Gasteiger partial charge in [0.15, 0.2) is 5.69 Å². The highest BCUT2D eigenvalue weighted by Gasteiger charge is 2.42. The summed E-state index contributed by atoms with van der Waals surface area (Å²) < 4.78 is 78.9. The summed E-state index contributed by atoms with van der Waals surface area (Å²) in [4.78, 5) is 19.3. The fourth-order valence-electron chi connectivity index (χ4n) is 3.06. The van der Waals surface area contributed by atoms with Crippen molar-refractivity contribution in [3.63, 3.8) is 0 Å². The third-order valence-corrected chi connectivity index (χ3v) is 4.81. The van der Waals surface area contributed by atoms with E-state index in [-0.39, 0.29) is 34.3 Å². The van der Waals surface area contributed by atoms with Crippen LogP contribution in [0.2, 0.25) is 5.02 Å². The van der Waals surface area contributed by atoms with Gasteiger partial charge in [-0.1, -0.05) is 17.7 Å². The monoisotopic (exact) mass is 501 g/mol. The van der Waals surface area contributed by atoms with Crippen molar-refractivity contribution in [2.75, 3.05) is 13.1 Å². The molecule has 0 amide bonds. The van der Waals surface area contributed by atoms with Crippen molar-refractivity contribution in [2.45, 2.75) is 38.0 Å². The van der Waals surface area contributed by atoms with Crippen LogP contribution in [0.15, 0.2) is 18.2 Å². The Hall–Kier alpha value is -2.80. The van der Waals surface area contributed by atoms with E-state index >= 15 is 0 Å². The number of aromatic nitrogens is 2. The zero-order valence-corrected chi connectivity index (χ0v) is 17.5. The fraction of sp³-hybridized carbons (Fsp3) is 0.421. The molecule has 2 aromatic rings. The van der Waals surface area contributed by atoms with Gasteiger partial charge >= 0.3 is 24.3 Å². The maximum atomic E-state index is 13.3. The molecule has 182 valence electrons. The van der Waals surface area contributed by atoms with Gasteiger partial charge in [-0.15, -0.1) is 0 Å². The lowest BCUT2D eigenvalue weighted by atomic mass is 10.0. The first kappa shape index (κ1) is 26.5. The Morgan fingerprint density at radius 2 is 1.58 bits per heavy atom. The standard InChI is InChI=1S/C15H12ClF6N3.C4H6O4/c16-10-2-1-8-3-5-23-6-4-9(8)13(10)25-12(15(20,21)22)7-11(24-25)14(17,18)19;5-3(6)1-2-4(7)8/h1-2,7,23H,3-6H2;1-2H2,(H,5,6)(H,7,8). The van der Waals surface area contributed by atoms with Crippen molar-refractivity contribution < 1.29 is 46.1 Å². The van der Waals surface area contributed by atoms with Crippen molar-refractivity contribution >= 4 is 23.5 Å². The van der Waals surface area contributed by atoms with Crippen molar-refractivity contribution in [1.29, 1.82) is 0 Å². The molecular weight excluding hydrogens is 484 g/mol. The zero-order chi connectivity index (χ0) is 25.0. The molecule has 1 aliphatic heterocycles. The van der Waals surface area contributed by atoms with E-state index in [4.69, 9.17) is 21.8 Å². The van der Waals surface area contributed by atoms with Crippen LogP contribution in [0.3, 0.4) is 0 Å². The number of carboxylic acid groups (broad SMARTS) is 2. The van der Waals surface area contributed by atoms with Crippen LogP contribution >= 0.6 is 11.6 Å². The second-order valence-electron chi connectivity index (χ2n) is 6.89. The maximum absolute atomic E-state index is 13.3. The lowest BCUT2D eigenvalue weighted by Crippen LogP contribution is -2.17. The molecule has 0 saturated carbocycles. The van der Waals surface area contributed by atoms with Gasteiger partial charge in [-0.05, 0) is 43.1 Å². The van der Waals surface area contributed by atoms with Crippen LogP contribution < -0.4 is 5.32 Å². The summed E-state index contributed by atoms with van der Waals surface area (Å²) in [5.74, 6) is -2.15. The van der Waals surface area contributed by atoms with Crippen LogP contribution in [-0.2, 0) is 34.8 Å². The number of aliphatic carboxylic acids is 2. The van der Waals surface area contributed by atoms with E-state index in [2.05, 4.69) is 10.4 Å². The summed E-state index contributed by atoms with van der Waals surface area (Å²) in [6, 6.07) is 3.07. The number of hydrogen-bond donors (Lipinski definition) is 3. The molecule has 0 radical (unpaired) electrons. The van der Waals surface area contributed by atoms with Gasteiger partial charge in [0.1, 0.15) is 5.69 Å². The molecule has 3 N–H and O–H groups in total. The Balaban J connectivity index is 0.000000414. The molecule has 0 fully saturated rings. The predicted molar refractivity (Wildman–Crippen MR) is 103 cm³/mol. The van der Waals surface area contributed by atoms with Gasteiger partial charge in [-0.25, -0.2) is 4.68 Å². The van der Waals surface area contributed by atoms with Crippen LogP contribution in [0.1, 0.15) is 35.4 Å². The van der Waals surface area contributed by atoms with E-state index in [0.29, 0.717) is 31.5 Å². The van der Waals surface area contributed by atoms with Crippen LogP contribution in [-0.4, -0.2) is 45.0 Å². The quantitative estimate of drug-likeness (QED) is 0.543. The lowest BCUT2D eigenvalue weighted by Gasteiger charge is -2.17. The van der Waals surface area contributed by atoms with E-state index in [1.54, 1.807) is 6.07 Å². The number of nitrogens with one attached hydrogen (secondary N) is 1. The third-order valence-electron chi connectivity index (χ3n) is 4.51. The van der Waals surface area contributed by atoms with Crippen molar-refractivity contribution in [3.8, 4) is 5.69 Å². The molecule has 7 nitrogen and oxygen atoms in total. The third kappa shape index (κ3) is 7.09. The van der Waals surface area contributed by atoms with E-state index < -0.39 is 35.7 Å². The number of carboxylic acids is 2. The molecule has 14 heteroatoms. The highest BCUT2D eigenvalue weighted by atomic mass is 35.5. The van der Waals surface area contributed by atoms with Crippen LogP contribution in [0.5, 0.6) is 0 Å². The first-order chi connectivity index (χ1) is 15.2. The first-order valence-electron chi connectivity index (χ1n) is 9.41. The maximum Gasteiger partial charge on any atom is 0.435 e. The number of benzene rings is 1. The average molecular weight is 502 g/mol. The van der Waals surface area contributed by atoms with E-state index in [0.717, 1.165) is 5.56 Å². The Morgan fingerprint density at radius 1 is 1.00 bits per heavy atom. The average Bonchev–Trinajstić information content (AvgIpc) is 3.01. The Morgan fingerprint density at radius 3 is 2.09 bits per heavy atom. The smallest absolute Gasteiger partial charge is 0.435 e. The van der Waals surface area contributed by atoms with Gasteiger partial charge in [0, 0.05) is 6.07 Å². The number of fused-ring (bicyclic) bond motifs is 1. The van der Waals surface area contributed by atoms with Gasteiger partial charge in [-0.3, -0.25) is 9.59 Å². The molecule has 1 aromatic heterocycles. The van der Waals surface area contributed by atoms with Gasteiger partial charge in [0.05, 0.1) is 23.6 Å². The Kier molecular flexibility index (Phi) is 8.36. The molecule has 0 bridgehead atoms. The first-order valence-corrected chi connectivity index (χ1v) is 9.79. The molecule has 2 heterocycles. The van der Waals surface area contributed by atoms with Gasteiger partial charge in [-0.2, -0.15) is 31.4 Å². The van der Waals surface area contributed by atoms with Crippen LogP contribution in [0.25, 0.3) is 5.69 Å². The SMILES string of the molecule is FC(F)(F)c1cc(C(F)(F)F)n(-c2c(Cl)ccc3c2CCNCC3)n1.O=C(O)CCC(=O)O. The van der Waals surface area contributed by atoms with Gasteiger partial charge < -0.3 is 15.5 Å². The summed E-state index contributed by atoms with van der Waals surface area (Å²) in [7, 11) is 0. The number of carbonyl (C=O) groups is 2. The fourth-order valence-corrected chi connectivity index (χ4v) is 3.32. The summed E-state index contributed by atoms with van der Waals surface area (Å²) in [5, 5.41) is 22.0. The highest BCUT2D eigenvalue weighted by molar-refractivity contribution is 6.32. The molecule has 0 unspecified atom stereocenters. The van der Waals surface area contributed by atoms with Gasteiger partial charge in [0.25, 0.3) is 0 Å². The number of hydrogen-bond acceptors (Lipinski definition) is 4. The molecule has 0 saturated heterocycles. The van der Waals surface area contributed by atoms with Crippen molar-refractivity contribution in [2.24, 2.45) is 0 Å². The molecule has 3 rings (SSSR count). The molecular formula is C19H18ClF6N3O4. The predicted octanol–water partition coefficient (Wildman–Crippen LogP) is 4.19. The number of halogens is 7. The second kappa shape index (κ2) is 10.4. The summed E-state index contributed by atoms with van der Waals surface area (Å²) in [6.45, 7) is 1.10. The number of alkyl halides is 6. The molecule has 0 aliphatic carbocycles. The Bertz CT molecular complexity index is 1010. The van der Waals surface area contributed by atoms with Crippen molar-refractivity contribution in [3.05, 3.63) is 45.7 Å². The number of nitrogens with zero attached hydrogens (tertiary/aromatic N) is 2. The number of rotatable bonds is 4. The minimum atomic E-state index is -5.01. The molecule has 1 aliphatic rings. The van der Waals surface area contributed by atoms with E-state index in [1.165, 1.54) is 6.07 Å². The summed E-state index contributed by atoms with van der Waals surface area (Å²) in [6.07, 6.45) is -9.72. The minimum Gasteiger partial charge on any atom is -0.481 e. The lowest BCUT2D eigenvalue weighted by molar-refractivity contribution is -0.143. The van der Waals surface area contributed by atoms with E-state index in [1.807, 2.05) is 0 Å². The zero-order valence-electron chi connectivity index (χ0n) is 16.7. The van der Waals surface area contributed by atoms with Crippen LogP contribution in [0, 0.1) is 0 Å². The minimum absolute atomic E-state index is 0.00464. The van der Waals surface area contributed by atoms with Crippen LogP contribution in [0.4, 0.5) is 26.3 Å². The molecule has 0 spiro atoms. The topological polar surface area (TPSA) is 104 Å². The largest absolute Gasteiger partial charge is 0.481 e. The molecule has 33 heavy (non-hydrogen) atoms. The molecule has 1 aromatic carbocycles. The summed E-state index contributed by atoms with van der Waals surface area (Å²) >= 11 is 6.06.